The minimum absolute atomic E-state index is 0.0149. The third-order valence-electron chi connectivity index (χ3n) is 15.3. The summed E-state index contributed by atoms with van der Waals surface area (Å²) in [5.41, 5.74) is 0. The Balaban J connectivity index is 4.06. The molecule has 0 aromatic heterocycles. The van der Waals surface area contributed by atoms with Crippen LogP contribution in [-0.2, 0) is 18.4 Å². The zero-order chi connectivity index (χ0) is 53.5. The number of carbonyl (C=O) groups is 1. The lowest BCUT2D eigenvalue weighted by molar-refractivity contribution is -0.870. The molecular weight excluding hydrogens is 924 g/mol. The molecule has 436 valence electrons. The number of quaternary nitrogens is 1. The van der Waals surface area contributed by atoms with Gasteiger partial charge in [-0.2, -0.15) is 0 Å². The molecule has 0 spiro atoms. The SMILES string of the molecule is CCCCCCCCCCCCCC/C=C\CCCCCCCCCCCCCC(=O)NC(COP(=O)([O-])OCC[N+](C)(C)C)C(O)CCCCCCCCCCCCCCCCCCCCCCCCCC. The largest absolute Gasteiger partial charge is 0.756 e. The minimum atomic E-state index is -4.57. The molecule has 0 aromatic carbocycles. The Morgan fingerprint density at radius 3 is 1.07 bits per heavy atom. The molecule has 9 heteroatoms. The van der Waals surface area contributed by atoms with E-state index in [1.165, 1.54) is 276 Å². The van der Waals surface area contributed by atoms with E-state index in [0.717, 1.165) is 38.5 Å². The zero-order valence-corrected chi connectivity index (χ0v) is 50.8. The Morgan fingerprint density at radius 2 is 0.753 bits per heavy atom. The third-order valence-corrected chi connectivity index (χ3v) is 16.2. The standard InChI is InChI=1S/C64H129N2O6P/c1-6-8-10-12-14-16-18-20-22-24-26-28-30-32-33-34-36-38-40-42-44-46-48-50-52-54-56-58-64(68)65-62(61-72-73(69,70)71-60-59-66(3,4)5)63(67)57-55-53-51-49-47-45-43-41-39-37-35-31-29-27-25-23-21-19-17-15-13-11-9-7-2/h32-33,62-63,67H,6-31,34-61H2,1-5H3,(H-,65,68,69,70)/b33-32-. The molecular formula is C64H129N2O6P. The van der Waals surface area contributed by atoms with Crippen LogP contribution in [0.5, 0.6) is 0 Å². The number of likely N-dealkylation sites (N-methyl/N-ethyl adjacent to an activating group) is 1. The van der Waals surface area contributed by atoms with E-state index in [-0.39, 0.29) is 19.1 Å². The molecule has 0 heterocycles. The van der Waals surface area contributed by atoms with E-state index in [9.17, 15) is 19.4 Å². The van der Waals surface area contributed by atoms with Crippen molar-refractivity contribution in [3.05, 3.63) is 12.2 Å². The molecule has 73 heavy (non-hydrogen) atoms. The first-order valence-electron chi connectivity index (χ1n) is 32.5. The molecule has 3 unspecified atom stereocenters. The van der Waals surface area contributed by atoms with Gasteiger partial charge in [0.15, 0.2) is 0 Å². The van der Waals surface area contributed by atoms with Crippen molar-refractivity contribution in [2.45, 2.75) is 353 Å². The highest BCUT2D eigenvalue weighted by atomic mass is 31.2. The van der Waals surface area contributed by atoms with Crippen LogP contribution < -0.4 is 10.2 Å². The fourth-order valence-electron chi connectivity index (χ4n) is 10.2. The number of hydrogen-bond acceptors (Lipinski definition) is 6. The number of aliphatic hydroxyl groups excluding tert-OH is 1. The van der Waals surface area contributed by atoms with E-state index in [2.05, 4.69) is 31.3 Å². The van der Waals surface area contributed by atoms with Gasteiger partial charge in [-0.15, -0.1) is 0 Å². The first kappa shape index (κ1) is 72.2. The molecule has 1 amide bonds. The fourth-order valence-corrected chi connectivity index (χ4v) is 10.9. The average molecular weight is 1050 g/mol. The van der Waals surface area contributed by atoms with Crippen LogP contribution in [-0.4, -0.2) is 68.5 Å². The predicted octanol–water partition coefficient (Wildman–Crippen LogP) is 19.5. The van der Waals surface area contributed by atoms with Crippen molar-refractivity contribution < 1.29 is 32.9 Å². The Labute approximate surface area is 456 Å². The van der Waals surface area contributed by atoms with Gasteiger partial charge in [0.05, 0.1) is 39.9 Å². The fraction of sp³-hybridized carbons (Fsp3) is 0.953. The monoisotopic (exact) mass is 1050 g/mol. The van der Waals surface area contributed by atoms with Crippen LogP contribution in [0.3, 0.4) is 0 Å². The number of allylic oxidation sites excluding steroid dienone is 2. The van der Waals surface area contributed by atoms with Crippen LogP contribution in [0.2, 0.25) is 0 Å². The summed E-state index contributed by atoms with van der Waals surface area (Å²) in [5.74, 6) is -0.158. The Kier molecular flexibility index (Phi) is 55.4. The second kappa shape index (κ2) is 56.0. The molecule has 0 radical (unpaired) electrons. The van der Waals surface area contributed by atoms with E-state index in [4.69, 9.17) is 9.05 Å². The first-order valence-corrected chi connectivity index (χ1v) is 34.0. The normalized spacial score (nSPS) is 13.8. The van der Waals surface area contributed by atoms with Crippen LogP contribution in [0.25, 0.3) is 0 Å². The number of nitrogens with one attached hydrogen (secondary N) is 1. The molecule has 0 saturated heterocycles. The smallest absolute Gasteiger partial charge is 0.268 e. The Morgan fingerprint density at radius 1 is 0.466 bits per heavy atom. The third kappa shape index (κ3) is 58.8. The van der Waals surface area contributed by atoms with E-state index >= 15 is 0 Å². The number of phosphoric ester groups is 1. The van der Waals surface area contributed by atoms with Gasteiger partial charge in [0.2, 0.25) is 5.91 Å². The van der Waals surface area contributed by atoms with E-state index < -0.39 is 20.0 Å². The highest BCUT2D eigenvalue weighted by Gasteiger charge is 2.24. The summed E-state index contributed by atoms with van der Waals surface area (Å²) in [6.07, 6.45) is 69.8. The molecule has 0 aliphatic carbocycles. The van der Waals surface area contributed by atoms with Crippen LogP contribution in [0.15, 0.2) is 12.2 Å². The van der Waals surface area contributed by atoms with Crippen molar-refractivity contribution in [2.75, 3.05) is 40.9 Å². The number of carbonyl (C=O) groups excluding carboxylic acids is 1. The summed E-state index contributed by atoms with van der Waals surface area (Å²) >= 11 is 0. The quantitative estimate of drug-likeness (QED) is 0.0272. The molecule has 0 saturated carbocycles. The van der Waals surface area contributed by atoms with Crippen molar-refractivity contribution in [2.24, 2.45) is 0 Å². The van der Waals surface area contributed by atoms with Gasteiger partial charge in [0, 0.05) is 6.42 Å². The minimum Gasteiger partial charge on any atom is -0.756 e. The van der Waals surface area contributed by atoms with Crippen LogP contribution in [0.4, 0.5) is 0 Å². The maximum atomic E-state index is 13.0. The summed E-state index contributed by atoms with van der Waals surface area (Å²) in [6.45, 7) is 4.78. The Bertz CT molecular complexity index is 1200. The zero-order valence-electron chi connectivity index (χ0n) is 49.9. The average Bonchev–Trinajstić information content (AvgIpc) is 3.35. The molecule has 2 N–H and O–H groups in total. The molecule has 8 nitrogen and oxygen atoms in total. The summed E-state index contributed by atoms with van der Waals surface area (Å²) in [7, 11) is 1.32. The van der Waals surface area contributed by atoms with Crippen LogP contribution in [0, 0.1) is 0 Å². The molecule has 0 bridgehead atoms. The second-order valence-corrected chi connectivity index (χ2v) is 25.2. The summed E-state index contributed by atoms with van der Waals surface area (Å²) < 4.78 is 23.5. The number of amides is 1. The van der Waals surface area contributed by atoms with Crippen molar-refractivity contribution >= 4 is 13.7 Å². The van der Waals surface area contributed by atoms with E-state index in [1.807, 2.05) is 21.1 Å². The molecule has 0 rings (SSSR count). The molecule has 0 aromatic rings. The molecule has 3 atom stereocenters. The maximum absolute atomic E-state index is 13.0. The number of unbranched alkanes of at least 4 members (excludes halogenated alkanes) is 46. The van der Waals surface area contributed by atoms with Gasteiger partial charge in [-0.3, -0.25) is 9.36 Å². The predicted molar refractivity (Wildman–Crippen MR) is 316 cm³/mol. The van der Waals surface area contributed by atoms with E-state index in [0.29, 0.717) is 23.9 Å². The molecule has 0 fully saturated rings. The van der Waals surface area contributed by atoms with E-state index in [1.54, 1.807) is 0 Å². The van der Waals surface area contributed by atoms with Gasteiger partial charge < -0.3 is 28.8 Å². The number of phosphoric acid groups is 1. The summed E-state index contributed by atoms with van der Waals surface area (Å²) in [6, 6.07) is -0.799. The van der Waals surface area contributed by atoms with Crippen molar-refractivity contribution in [1.82, 2.24) is 5.32 Å². The van der Waals surface area contributed by atoms with Crippen LogP contribution in [0.1, 0.15) is 341 Å². The second-order valence-electron chi connectivity index (χ2n) is 23.8. The number of nitrogens with zero attached hydrogens (tertiary/aromatic N) is 1. The van der Waals surface area contributed by atoms with Gasteiger partial charge in [-0.05, 0) is 38.5 Å². The Hall–Kier alpha value is -0.760. The van der Waals surface area contributed by atoms with Gasteiger partial charge in [-0.25, -0.2) is 0 Å². The number of rotatable bonds is 61. The lowest BCUT2D eigenvalue weighted by atomic mass is 10.0. The van der Waals surface area contributed by atoms with Crippen molar-refractivity contribution in [1.29, 1.82) is 0 Å². The summed E-state index contributed by atoms with van der Waals surface area (Å²) in [5, 5.41) is 14.1. The van der Waals surface area contributed by atoms with Crippen LogP contribution >= 0.6 is 7.82 Å². The summed E-state index contributed by atoms with van der Waals surface area (Å²) in [4.78, 5) is 25.6. The molecule has 0 aliphatic rings. The van der Waals surface area contributed by atoms with Crippen molar-refractivity contribution in [3.8, 4) is 0 Å². The van der Waals surface area contributed by atoms with Gasteiger partial charge in [-0.1, -0.05) is 309 Å². The topological polar surface area (TPSA) is 108 Å². The number of aliphatic hydroxyl groups is 1. The highest BCUT2D eigenvalue weighted by Crippen LogP contribution is 2.38. The number of hydrogen-bond donors (Lipinski definition) is 2. The van der Waals surface area contributed by atoms with Crippen molar-refractivity contribution in [3.63, 3.8) is 0 Å². The lowest BCUT2D eigenvalue weighted by Gasteiger charge is -2.30. The van der Waals surface area contributed by atoms with Gasteiger partial charge >= 0.3 is 0 Å². The maximum Gasteiger partial charge on any atom is 0.268 e. The van der Waals surface area contributed by atoms with Gasteiger partial charge in [0.1, 0.15) is 13.2 Å². The lowest BCUT2D eigenvalue weighted by Crippen LogP contribution is -2.46. The highest BCUT2D eigenvalue weighted by molar-refractivity contribution is 7.45. The molecule has 0 aliphatic heterocycles. The first-order chi connectivity index (χ1) is 35.5. The van der Waals surface area contributed by atoms with Gasteiger partial charge in [0.25, 0.3) is 7.82 Å².